The molecule has 0 spiro atoms. The second-order valence-electron chi connectivity index (χ2n) is 6.41. The highest BCUT2D eigenvalue weighted by Gasteiger charge is 2.37. The summed E-state index contributed by atoms with van der Waals surface area (Å²) < 4.78 is 85.2. The summed E-state index contributed by atoms with van der Waals surface area (Å²) in [5.41, 5.74) is -4.65. The summed E-state index contributed by atoms with van der Waals surface area (Å²) in [6.45, 7) is 0.140. The van der Waals surface area contributed by atoms with Crippen molar-refractivity contribution in [2.45, 2.75) is 25.1 Å². The van der Waals surface area contributed by atoms with Gasteiger partial charge in [-0.1, -0.05) is 6.07 Å². The van der Waals surface area contributed by atoms with E-state index in [9.17, 15) is 36.2 Å². The van der Waals surface area contributed by atoms with E-state index in [1.807, 2.05) is 5.32 Å². The smallest absolute Gasteiger partial charge is 0.490 e. The number of halogens is 6. The molecule has 1 unspecified atom stereocenters. The normalized spacial score (nSPS) is 13.6. The lowest BCUT2D eigenvalue weighted by atomic mass is 10.1. The highest BCUT2D eigenvalue weighted by molar-refractivity contribution is 5.97. The maximum atomic E-state index is 13.2. The van der Waals surface area contributed by atoms with Crippen LogP contribution in [-0.4, -0.2) is 29.6 Å². The number of anilines is 1. The maximum Gasteiger partial charge on any atom is 0.573 e. The van der Waals surface area contributed by atoms with Crippen molar-refractivity contribution in [3.05, 3.63) is 53.6 Å². The van der Waals surface area contributed by atoms with Crippen molar-refractivity contribution in [3.63, 3.8) is 0 Å². The van der Waals surface area contributed by atoms with E-state index in [0.717, 1.165) is 37.3 Å². The van der Waals surface area contributed by atoms with Crippen molar-refractivity contribution in [2.24, 2.45) is 0 Å². The summed E-state index contributed by atoms with van der Waals surface area (Å²) in [4.78, 5) is 12.3. The zero-order valence-electron chi connectivity index (χ0n) is 15.6. The van der Waals surface area contributed by atoms with Gasteiger partial charge in [-0.3, -0.25) is 4.79 Å². The molecule has 0 radical (unpaired) electrons. The van der Waals surface area contributed by atoms with Gasteiger partial charge in [0.1, 0.15) is 18.1 Å². The second kappa shape index (κ2) is 8.73. The van der Waals surface area contributed by atoms with Crippen molar-refractivity contribution in [3.8, 4) is 17.6 Å². The molecule has 0 saturated carbocycles. The van der Waals surface area contributed by atoms with Gasteiger partial charge in [-0.25, -0.2) is 0 Å². The van der Waals surface area contributed by atoms with Crippen LogP contribution in [0.5, 0.6) is 11.5 Å². The minimum absolute atomic E-state index is 0.191. The van der Waals surface area contributed by atoms with Gasteiger partial charge in [0.2, 0.25) is 0 Å². The van der Waals surface area contributed by atoms with Crippen LogP contribution in [0.4, 0.5) is 32.0 Å². The first-order valence-electron chi connectivity index (χ1n) is 8.35. The summed E-state index contributed by atoms with van der Waals surface area (Å²) in [5, 5.41) is 20.9. The highest BCUT2D eigenvalue weighted by Crippen LogP contribution is 2.36. The number of carbonyl (C=O) groups excluding carboxylic acids is 1. The molecule has 6 nitrogen and oxygen atoms in total. The van der Waals surface area contributed by atoms with E-state index >= 15 is 0 Å². The molecule has 2 N–H and O–H groups in total. The number of rotatable bonds is 6. The minimum Gasteiger partial charge on any atom is -0.490 e. The lowest BCUT2D eigenvalue weighted by Gasteiger charge is -2.24. The van der Waals surface area contributed by atoms with Gasteiger partial charge in [0.05, 0.1) is 22.9 Å². The molecule has 0 heterocycles. The molecule has 0 aromatic heterocycles. The number of alkyl halides is 6. The van der Waals surface area contributed by atoms with Crippen LogP contribution in [0.2, 0.25) is 0 Å². The Morgan fingerprint density at radius 3 is 2.32 bits per heavy atom. The molecule has 12 heteroatoms. The van der Waals surface area contributed by atoms with Gasteiger partial charge < -0.3 is 19.9 Å². The Bertz CT molecular complexity index is 996. The van der Waals surface area contributed by atoms with Crippen molar-refractivity contribution >= 4 is 11.6 Å². The van der Waals surface area contributed by atoms with Crippen molar-refractivity contribution in [1.82, 2.24) is 0 Å². The van der Waals surface area contributed by atoms with Gasteiger partial charge in [0.15, 0.2) is 5.60 Å². The van der Waals surface area contributed by atoms with Crippen LogP contribution in [0.15, 0.2) is 42.5 Å². The second-order valence-corrected chi connectivity index (χ2v) is 6.41. The molecule has 2 rings (SSSR count). The first-order chi connectivity index (χ1) is 14.2. The van der Waals surface area contributed by atoms with Gasteiger partial charge >= 0.3 is 12.5 Å². The molecule has 0 aliphatic rings. The van der Waals surface area contributed by atoms with Crippen LogP contribution in [0.1, 0.15) is 18.1 Å². The molecule has 2 aromatic carbocycles. The number of amides is 1. The van der Waals surface area contributed by atoms with E-state index in [-0.39, 0.29) is 11.3 Å². The molecular weight excluding hydrogens is 434 g/mol. The number of hydrogen-bond donors (Lipinski definition) is 2. The molecule has 2 aromatic rings. The Hall–Kier alpha value is -3.46. The fourth-order valence-corrected chi connectivity index (χ4v) is 2.26. The van der Waals surface area contributed by atoms with Crippen molar-refractivity contribution in [1.29, 1.82) is 5.26 Å². The van der Waals surface area contributed by atoms with Crippen LogP contribution >= 0.6 is 0 Å². The van der Waals surface area contributed by atoms with Crippen molar-refractivity contribution < 1.29 is 45.7 Å². The molecule has 0 fully saturated rings. The zero-order valence-corrected chi connectivity index (χ0v) is 15.6. The Morgan fingerprint density at radius 1 is 1.10 bits per heavy atom. The third-order valence-electron chi connectivity index (χ3n) is 3.75. The van der Waals surface area contributed by atoms with E-state index in [2.05, 4.69) is 4.74 Å². The van der Waals surface area contributed by atoms with Gasteiger partial charge in [-0.15, -0.1) is 13.2 Å². The minimum atomic E-state index is -4.94. The topological polar surface area (TPSA) is 91.6 Å². The van der Waals surface area contributed by atoms with Gasteiger partial charge in [0, 0.05) is 6.07 Å². The predicted molar refractivity (Wildman–Crippen MR) is 94.0 cm³/mol. The van der Waals surface area contributed by atoms with Crippen LogP contribution in [0.3, 0.4) is 0 Å². The third kappa shape index (κ3) is 6.78. The molecule has 0 saturated heterocycles. The number of benzene rings is 2. The fraction of sp³-hybridized carbons (Fsp3) is 0.263. The number of nitrogens with one attached hydrogen (secondary N) is 1. The Labute approximate surface area is 171 Å². The summed E-state index contributed by atoms with van der Waals surface area (Å²) in [7, 11) is 0. The summed E-state index contributed by atoms with van der Waals surface area (Å²) in [6, 6.07) is 8.21. The number of nitriles is 1. The largest absolute Gasteiger partial charge is 0.573 e. The highest BCUT2D eigenvalue weighted by atomic mass is 19.4. The number of aliphatic hydroxyl groups is 1. The van der Waals surface area contributed by atoms with Crippen LogP contribution in [0, 0.1) is 11.3 Å². The lowest BCUT2D eigenvalue weighted by molar-refractivity contribution is -0.274. The molecule has 31 heavy (non-hydrogen) atoms. The molecule has 0 aliphatic carbocycles. The fourth-order valence-electron chi connectivity index (χ4n) is 2.26. The first-order valence-corrected chi connectivity index (χ1v) is 8.35. The average Bonchev–Trinajstić information content (AvgIpc) is 2.65. The van der Waals surface area contributed by atoms with E-state index in [4.69, 9.17) is 10.00 Å². The third-order valence-corrected chi connectivity index (χ3v) is 3.75. The van der Waals surface area contributed by atoms with Crippen LogP contribution < -0.4 is 14.8 Å². The Morgan fingerprint density at radius 2 is 1.74 bits per heavy atom. The van der Waals surface area contributed by atoms with Crippen molar-refractivity contribution in [2.75, 3.05) is 11.9 Å². The number of hydrogen-bond acceptors (Lipinski definition) is 5. The van der Waals surface area contributed by atoms with Crippen LogP contribution in [-0.2, 0) is 11.0 Å². The van der Waals surface area contributed by atoms with Gasteiger partial charge in [-0.2, -0.15) is 18.4 Å². The first kappa shape index (κ1) is 23.8. The summed E-state index contributed by atoms with van der Waals surface area (Å²) in [6.07, 6.45) is -9.84. The molecule has 1 amide bonds. The SMILES string of the molecule is CC(O)(COc1cccc(OC(F)(F)F)c1)C(=O)Nc1ccc(C#N)cc1C(F)(F)F. The molecule has 0 bridgehead atoms. The zero-order chi connectivity index (χ0) is 23.4. The molecule has 166 valence electrons. The van der Waals surface area contributed by atoms with E-state index in [0.29, 0.717) is 6.07 Å². The molecule has 0 aliphatic heterocycles. The van der Waals surface area contributed by atoms with E-state index in [1.54, 1.807) is 6.07 Å². The van der Waals surface area contributed by atoms with Gasteiger partial charge in [-0.05, 0) is 37.3 Å². The average molecular weight is 448 g/mol. The quantitative estimate of drug-likeness (QED) is 0.645. The number of carbonyl (C=O) groups is 1. The maximum absolute atomic E-state index is 13.2. The lowest BCUT2D eigenvalue weighted by Crippen LogP contribution is -2.45. The Kier molecular flexibility index (Phi) is 6.70. The number of ether oxygens (including phenoxy) is 2. The molecule has 1 atom stereocenters. The van der Waals surface area contributed by atoms with Crippen LogP contribution in [0.25, 0.3) is 0 Å². The number of nitrogens with zero attached hydrogens (tertiary/aromatic N) is 1. The van der Waals surface area contributed by atoms with E-state index < -0.39 is 47.7 Å². The standard InChI is InChI=1S/C19H14F6N2O4/c1-17(29,10-30-12-3-2-4-13(8-12)31-19(23,24)25)16(28)27-15-6-5-11(9-26)7-14(15)18(20,21)22/h2-8,29H,10H2,1H3,(H,27,28). The van der Waals surface area contributed by atoms with E-state index in [1.165, 1.54) is 6.07 Å². The summed E-state index contributed by atoms with van der Waals surface area (Å²) >= 11 is 0. The monoisotopic (exact) mass is 448 g/mol. The Balaban J connectivity index is 2.13. The van der Waals surface area contributed by atoms with Gasteiger partial charge in [0.25, 0.3) is 5.91 Å². The predicted octanol–water partition coefficient (Wildman–Crippen LogP) is 4.24. The molecular formula is C19H14F6N2O4. The summed E-state index contributed by atoms with van der Waals surface area (Å²) in [5.74, 6) is -2.07.